The zero-order chi connectivity index (χ0) is 32.6. The Bertz CT molecular complexity index is 2350. The average Bonchev–Trinajstić information content (AvgIpc) is 3.17. The van der Waals surface area contributed by atoms with Crippen molar-refractivity contribution in [2.24, 2.45) is 0 Å². The molecule has 0 atom stereocenters. The van der Waals surface area contributed by atoms with E-state index < -0.39 is 0 Å². The van der Waals surface area contributed by atoms with E-state index in [9.17, 15) is 0 Å². The summed E-state index contributed by atoms with van der Waals surface area (Å²) in [5.41, 5.74) is 11.1. The van der Waals surface area contributed by atoms with Gasteiger partial charge in [0.05, 0.1) is 5.69 Å². The molecule has 49 heavy (non-hydrogen) atoms. The summed E-state index contributed by atoms with van der Waals surface area (Å²) in [7, 11) is 0. The van der Waals surface area contributed by atoms with Gasteiger partial charge in [-0.15, -0.1) is 0 Å². The summed E-state index contributed by atoms with van der Waals surface area (Å²) in [6, 6.07) is 68.4. The number of fused-ring (bicyclic) bond motifs is 2. The van der Waals surface area contributed by atoms with Crippen molar-refractivity contribution in [1.82, 2.24) is 0 Å². The second kappa shape index (κ2) is 12.2. The van der Waals surface area contributed by atoms with Gasteiger partial charge in [-0.25, -0.2) is 0 Å². The van der Waals surface area contributed by atoms with Crippen molar-refractivity contribution >= 4 is 44.9 Å². The van der Waals surface area contributed by atoms with Gasteiger partial charge in [0.25, 0.3) is 0 Å². The van der Waals surface area contributed by atoms with Gasteiger partial charge >= 0.3 is 0 Å². The predicted molar refractivity (Wildman–Crippen MR) is 204 cm³/mol. The largest absolute Gasteiger partial charge is 0.456 e. The Morgan fingerprint density at radius 3 is 1.43 bits per heavy atom. The van der Waals surface area contributed by atoms with Crippen molar-refractivity contribution in [3.63, 3.8) is 0 Å². The minimum absolute atomic E-state index is 0.848. The summed E-state index contributed by atoms with van der Waals surface area (Å²) in [6.07, 6.45) is 0. The molecule has 0 bridgehead atoms. The number of para-hydroxylation sites is 3. The van der Waals surface area contributed by atoms with Gasteiger partial charge in [0.1, 0.15) is 11.5 Å². The molecule has 0 amide bonds. The van der Waals surface area contributed by atoms with Crippen LogP contribution in [0.3, 0.4) is 0 Å². The topological polar surface area (TPSA) is 15.7 Å². The third-order valence-electron chi connectivity index (χ3n) is 9.19. The summed E-state index contributed by atoms with van der Waals surface area (Å²) in [4.78, 5) is 4.59. The summed E-state index contributed by atoms with van der Waals surface area (Å²) >= 11 is 0. The molecule has 0 unspecified atom stereocenters. The van der Waals surface area contributed by atoms with Gasteiger partial charge in [0.15, 0.2) is 0 Å². The van der Waals surface area contributed by atoms with Gasteiger partial charge in [-0.2, -0.15) is 0 Å². The van der Waals surface area contributed by atoms with Crippen LogP contribution in [0.4, 0.5) is 34.1 Å². The van der Waals surface area contributed by atoms with Gasteiger partial charge in [-0.1, -0.05) is 115 Å². The van der Waals surface area contributed by atoms with Gasteiger partial charge in [-0.05, 0) is 94.9 Å². The van der Waals surface area contributed by atoms with Crippen LogP contribution in [0.5, 0.6) is 11.5 Å². The van der Waals surface area contributed by atoms with Crippen molar-refractivity contribution < 1.29 is 4.74 Å². The second-order valence-electron chi connectivity index (χ2n) is 12.2. The predicted octanol–water partition coefficient (Wildman–Crippen LogP) is 13.2. The number of nitrogens with zero attached hydrogens (tertiary/aromatic N) is 2. The quantitative estimate of drug-likeness (QED) is 0.175. The Labute approximate surface area is 286 Å². The highest BCUT2D eigenvalue weighted by molar-refractivity contribution is 6.06. The molecule has 0 aromatic heterocycles. The van der Waals surface area contributed by atoms with E-state index in [0.717, 1.165) is 62.0 Å². The van der Waals surface area contributed by atoms with Crippen molar-refractivity contribution in [3.05, 3.63) is 194 Å². The van der Waals surface area contributed by atoms with Crippen LogP contribution in [0, 0.1) is 0 Å². The summed E-state index contributed by atoms with van der Waals surface area (Å²) in [5.74, 6) is 1.70. The zero-order valence-corrected chi connectivity index (χ0v) is 26.8. The number of ether oxygens (including phenoxy) is 1. The minimum atomic E-state index is 0.848. The van der Waals surface area contributed by atoms with Crippen LogP contribution < -0.4 is 14.5 Å². The van der Waals surface area contributed by atoms with Crippen LogP contribution in [0.25, 0.3) is 33.0 Å². The molecule has 3 heteroatoms. The SMILES string of the molecule is c1ccc(-c2ccc(N(c3ccccc3)c3cc4c5c(cccc5c3)-c3cc(N(c5ccccc5)c5ccccc5)ccc3O4)cc2)cc1. The van der Waals surface area contributed by atoms with Crippen LogP contribution >= 0.6 is 0 Å². The zero-order valence-electron chi connectivity index (χ0n) is 26.8. The Kier molecular flexibility index (Phi) is 7.14. The fraction of sp³-hybridized carbons (Fsp3) is 0. The first-order chi connectivity index (χ1) is 24.3. The van der Waals surface area contributed by atoms with E-state index in [1.165, 1.54) is 16.7 Å². The Morgan fingerprint density at radius 1 is 0.306 bits per heavy atom. The van der Waals surface area contributed by atoms with Crippen LogP contribution in [0.2, 0.25) is 0 Å². The van der Waals surface area contributed by atoms with E-state index >= 15 is 0 Å². The monoisotopic (exact) mass is 628 g/mol. The normalized spacial score (nSPS) is 11.4. The van der Waals surface area contributed by atoms with E-state index in [1.54, 1.807) is 0 Å². The third-order valence-corrected chi connectivity index (χ3v) is 9.19. The van der Waals surface area contributed by atoms with E-state index in [-0.39, 0.29) is 0 Å². The number of rotatable bonds is 7. The number of anilines is 6. The third kappa shape index (κ3) is 5.28. The molecule has 0 radical (unpaired) electrons. The molecule has 0 saturated heterocycles. The molecule has 0 fully saturated rings. The number of hydrogen-bond donors (Lipinski definition) is 0. The first-order valence-corrected chi connectivity index (χ1v) is 16.6. The van der Waals surface area contributed by atoms with Gasteiger partial charge in [0, 0.05) is 45.5 Å². The summed E-state index contributed by atoms with van der Waals surface area (Å²) in [6.45, 7) is 0. The van der Waals surface area contributed by atoms with Crippen LogP contribution in [-0.4, -0.2) is 0 Å². The van der Waals surface area contributed by atoms with Crippen molar-refractivity contribution in [1.29, 1.82) is 0 Å². The lowest BCUT2D eigenvalue weighted by Crippen LogP contribution is -2.11. The van der Waals surface area contributed by atoms with Gasteiger partial charge in [-0.3, -0.25) is 0 Å². The van der Waals surface area contributed by atoms with E-state index in [0.29, 0.717) is 0 Å². The molecular formula is C46H32N2O. The molecule has 1 heterocycles. The molecule has 8 aromatic carbocycles. The molecule has 1 aliphatic heterocycles. The highest BCUT2D eigenvalue weighted by atomic mass is 16.5. The van der Waals surface area contributed by atoms with Crippen LogP contribution in [0.1, 0.15) is 0 Å². The maximum Gasteiger partial charge on any atom is 0.138 e. The maximum atomic E-state index is 6.79. The molecule has 0 saturated carbocycles. The van der Waals surface area contributed by atoms with E-state index in [2.05, 4.69) is 204 Å². The molecule has 0 N–H and O–H groups in total. The second-order valence-corrected chi connectivity index (χ2v) is 12.2. The fourth-order valence-corrected chi connectivity index (χ4v) is 6.94. The first-order valence-electron chi connectivity index (χ1n) is 16.6. The van der Waals surface area contributed by atoms with E-state index in [1.807, 2.05) is 0 Å². The van der Waals surface area contributed by atoms with Gasteiger partial charge in [0.2, 0.25) is 0 Å². The van der Waals surface area contributed by atoms with Crippen molar-refractivity contribution in [2.75, 3.05) is 9.80 Å². The van der Waals surface area contributed by atoms with Crippen LogP contribution in [0.15, 0.2) is 194 Å². The Balaban J connectivity index is 1.16. The highest BCUT2D eigenvalue weighted by Gasteiger charge is 2.24. The molecule has 3 nitrogen and oxygen atoms in total. The first kappa shape index (κ1) is 28.6. The lowest BCUT2D eigenvalue weighted by molar-refractivity contribution is 0.487. The highest BCUT2D eigenvalue weighted by Crippen LogP contribution is 2.51. The van der Waals surface area contributed by atoms with Crippen LogP contribution in [-0.2, 0) is 0 Å². The van der Waals surface area contributed by atoms with Crippen molar-refractivity contribution in [3.8, 4) is 33.8 Å². The number of benzene rings is 8. The van der Waals surface area contributed by atoms with Crippen molar-refractivity contribution in [2.45, 2.75) is 0 Å². The van der Waals surface area contributed by atoms with E-state index in [4.69, 9.17) is 4.74 Å². The molecule has 9 rings (SSSR count). The van der Waals surface area contributed by atoms with Gasteiger partial charge < -0.3 is 14.5 Å². The maximum absolute atomic E-state index is 6.79. The summed E-state index contributed by atoms with van der Waals surface area (Å²) in [5, 5.41) is 2.25. The lowest BCUT2D eigenvalue weighted by atomic mass is 9.93. The average molecular weight is 629 g/mol. The smallest absolute Gasteiger partial charge is 0.138 e. The molecular weight excluding hydrogens is 597 g/mol. The molecule has 1 aliphatic rings. The molecule has 232 valence electrons. The molecule has 0 aliphatic carbocycles. The standard InChI is InChI=1S/C46H32N2O/c1-5-14-33(15-6-1)34-24-26-39(27-25-34)48(38-21-11-4-12-22-38)41-30-35-16-13-23-42-43-31-40(28-29-44(43)49-45(32-41)46(35)42)47(36-17-7-2-8-18-36)37-19-9-3-10-20-37/h1-32H. The molecule has 8 aromatic rings. The number of hydrogen-bond acceptors (Lipinski definition) is 3. The molecule has 0 spiro atoms. The Hall–Kier alpha value is -6.58. The fourth-order valence-electron chi connectivity index (χ4n) is 6.94. The minimum Gasteiger partial charge on any atom is -0.456 e. The lowest BCUT2D eigenvalue weighted by Gasteiger charge is -2.29. The summed E-state index contributed by atoms with van der Waals surface area (Å²) < 4.78 is 6.79. The Morgan fingerprint density at radius 2 is 0.816 bits per heavy atom.